The van der Waals surface area contributed by atoms with Gasteiger partial charge in [0.2, 0.25) is 0 Å². The van der Waals surface area contributed by atoms with Crippen molar-refractivity contribution >= 4 is 11.6 Å². The van der Waals surface area contributed by atoms with E-state index >= 15 is 8.78 Å². The molecule has 1 saturated carbocycles. The summed E-state index contributed by atoms with van der Waals surface area (Å²) in [6, 6.07) is 3.18. The molecule has 0 amide bonds. The van der Waals surface area contributed by atoms with Crippen LogP contribution >= 0.6 is 11.6 Å². The van der Waals surface area contributed by atoms with Gasteiger partial charge < -0.3 is 0 Å². The van der Waals surface area contributed by atoms with Crippen molar-refractivity contribution in [3.05, 3.63) is 69.8 Å². The van der Waals surface area contributed by atoms with Gasteiger partial charge in [0.15, 0.2) is 0 Å². The summed E-state index contributed by atoms with van der Waals surface area (Å²) < 4.78 is 58.1. The molecule has 30 heavy (non-hydrogen) atoms. The van der Waals surface area contributed by atoms with Crippen molar-refractivity contribution in [2.45, 2.75) is 57.8 Å². The number of allylic oxidation sites excluding steroid dienone is 2. The van der Waals surface area contributed by atoms with Crippen molar-refractivity contribution < 1.29 is 17.6 Å². The normalized spacial score (nSPS) is 23.5. The van der Waals surface area contributed by atoms with Crippen LogP contribution in [0.3, 0.4) is 0 Å². The van der Waals surface area contributed by atoms with Crippen molar-refractivity contribution in [2.24, 2.45) is 11.8 Å². The first-order valence-electron chi connectivity index (χ1n) is 10.7. The maximum atomic E-state index is 15.4. The Bertz CT molecular complexity index is 959. The Morgan fingerprint density at radius 2 is 1.73 bits per heavy atom. The summed E-state index contributed by atoms with van der Waals surface area (Å²) in [4.78, 5) is 0. The number of fused-ring (bicyclic) bond motifs is 3. The van der Waals surface area contributed by atoms with E-state index in [1.807, 2.05) is 6.92 Å². The highest BCUT2D eigenvalue weighted by Gasteiger charge is 2.37. The Hall–Kier alpha value is -1.81. The van der Waals surface area contributed by atoms with E-state index in [9.17, 15) is 8.78 Å². The fourth-order valence-corrected chi connectivity index (χ4v) is 5.52. The Kier molecular flexibility index (Phi) is 6.24. The zero-order valence-corrected chi connectivity index (χ0v) is 17.7. The molecule has 5 heteroatoms. The first-order chi connectivity index (χ1) is 14.4. The van der Waals surface area contributed by atoms with Gasteiger partial charge in [0.05, 0.1) is 5.56 Å². The van der Waals surface area contributed by atoms with Crippen LogP contribution in [0.1, 0.15) is 62.5 Å². The van der Waals surface area contributed by atoms with Crippen LogP contribution in [0.5, 0.6) is 0 Å². The quantitative estimate of drug-likeness (QED) is 0.256. The molecule has 0 aromatic heterocycles. The molecule has 0 saturated heterocycles. The molecule has 3 atom stereocenters. The molecule has 0 radical (unpaired) electrons. The van der Waals surface area contributed by atoms with E-state index in [1.165, 1.54) is 6.07 Å². The monoisotopic (exact) mass is 436 g/mol. The summed E-state index contributed by atoms with van der Waals surface area (Å²) in [5.41, 5.74) is 0.700. The lowest BCUT2D eigenvalue weighted by atomic mass is 9.64. The zero-order valence-electron chi connectivity index (χ0n) is 17.0. The highest BCUT2D eigenvalue weighted by molar-refractivity contribution is 6.31. The standard InChI is InChI=1S/C25H25ClF4/c1-2-3-4-5-14-6-8-17-15(10-14)7-9-18-19(17)13-20(27)23(25(18)30)16-11-21(28)24(26)22(29)12-16/h2-3,11-15,17H,4-10H2,1H3/b3-2+/t14-,15-,17+/m1/s1. The van der Waals surface area contributed by atoms with E-state index in [1.54, 1.807) is 0 Å². The van der Waals surface area contributed by atoms with Crippen LogP contribution in [0.25, 0.3) is 11.1 Å². The number of halogens is 5. The third kappa shape index (κ3) is 3.91. The summed E-state index contributed by atoms with van der Waals surface area (Å²) in [6.45, 7) is 2.03. The third-order valence-corrected chi connectivity index (χ3v) is 7.22. The van der Waals surface area contributed by atoms with Gasteiger partial charge in [-0.1, -0.05) is 23.8 Å². The van der Waals surface area contributed by atoms with Crippen LogP contribution in [-0.4, -0.2) is 0 Å². The fraction of sp³-hybridized carbons (Fsp3) is 0.440. The van der Waals surface area contributed by atoms with Crippen LogP contribution in [0, 0.1) is 35.1 Å². The number of rotatable bonds is 4. The summed E-state index contributed by atoms with van der Waals surface area (Å²) in [7, 11) is 0. The number of hydrogen-bond acceptors (Lipinski definition) is 0. The van der Waals surface area contributed by atoms with Crippen LogP contribution < -0.4 is 0 Å². The first kappa shape index (κ1) is 21.4. The van der Waals surface area contributed by atoms with Gasteiger partial charge in [-0.05, 0) is 105 Å². The van der Waals surface area contributed by atoms with E-state index in [2.05, 4.69) is 12.2 Å². The minimum absolute atomic E-state index is 0.156. The van der Waals surface area contributed by atoms with Crippen molar-refractivity contribution in [3.8, 4) is 11.1 Å². The number of hydrogen-bond donors (Lipinski definition) is 0. The van der Waals surface area contributed by atoms with E-state index in [4.69, 9.17) is 11.6 Å². The average Bonchev–Trinajstić information content (AvgIpc) is 2.72. The molecule has 160 valence electrons. The largest absolute Gasteiger partial charge is 0.206 e. The maximum Gasteiger partial charge on any atom is 0.145 e. The molecular formula is C25H25ClF4. The van der Waals surface area contributed by atoms with Gasteiger partial charge in [0, 0.05) is 0 Å². The Morgan fingerprint density at radius 1 is 1.00 bits per heavy atom. The summed E-state index contributed by atoms with van der Waals surface area (Å²) >= 11 is 5.52. The lowest BCUT2D eigenvalue weighted by Gasteiger charge is -2.41. The molecule has 0 unspecified atom stereocenters. The van der Waals surface area contributed by atoms with Crippen LogP contribution in [0.15, 0.2) is 30.4 Å². The molecule has 4 rings (SSSR count). The highest BCUT2D eigenvalue weighted by atomic mass is 35.5. The van der Waals surface area contributed by atoms with E-state index < -0.39 is 28.3 Å². The second-order valence-corrected chi connectivity index (χ2v) is 8.98. The predicted molar refractivity (Wildman–Crippen MR) is 113 cm³/mol. The Labute approximate surface area is 179 Å². The third-order valence-electron chi connectivity index (χ3n) is 6.86. The van der Waals surface area contributed by atoms with Gasteiger partial charge in [0.25, 0.3) is 0 Å². The van der Waals surface area contributed by atoms with Crippen molar-refractivity contribution in [1.29, 1.82) is 0 Å². The molecule has 2 aromatic rings. The van der Waals surface area contributed by atoms with Crippen molar-refractivity contribution in [2.75, 3.05) is 0 Å². The molecule has 0 spiro atoms. The average molecular weight is 437 g/mol. The van der Waals surface area contributed by atoms with Gasteiger partial charge in [-0.3, -0.25) is 0 Å². The van der Waals surface area contributed by atoms with Gasteiger partial charge in [-0.2, -0.15) is 0 Å². The molecule has 1 fully saturated rings. The molecule has 0 aliphatic heterocycles. The second kappa shape index (κ2) is 8.74. The Balaban J connectivity index is 1.65. The van der Waals surface area contributed by atoms with Gasteiger partial charge >= 0.3 is 0 Å². The molecule has 2 aliphatic carbocycles. The molecule has 0 heterocycles. The molecule has 0 N–H and O–H groups in total. The van der Waals surface area contributed by atoms with Crippen LogP contribution in [-0.2, 0) is 6.42 Å². The van der Waals surface area contributed by atoms with Crippen molar-refractivity contribution in [3.63, 3.8) is 0 Å². The highest BCUT2D eigenvalue weighted by Crippen LogP contribution is 2.49. The number of benzene rings is 2. The van der Waals surface area contributed by atoms with E-state index in [0.29, 0.717) is 23.8 Å². The fourth-order valence-electron chi connectivity index (χ4n) is 5.41. The second-order valence-electron chi connectivity index (χ2n) is 8.60. The first-order valence-corrected chi connectivity index (χ1v) is 11.0. The zero-order chi connectivity index (χ0) is 21.4. The smallest absolute Gasteiger partial charge is 0.145 e. The van der Waals surface area contributed by atoms with E-state index in [0.717, 1.165) is 56.2 Å². The summed E-state index contributed by atoms with van der Waals surface area (Å²) in [6.07, 6.45) is 11.0. The van der Waals surface area contributed by atoms with Gasteiger partial charge in [-0.25, -0.2) is 17.6 Å². The maximum absolute atomic E-state index is 15.4. The topological polar surface area (TPSA) is 0 Å². The van der Waals surface area contributed by atoms with Gasteiger partial charge in [-0.15, -0.1) is 0 Å². The van der Waals surface area contributed by atoms with Crippen LogP contribution in [0.2, 0.25) is 5.02 Å². The molecular weight excluding hydrogens is 412 g/mol. The molecule has 0 nitrogen and oxygen atoms in total. The van der Waals surface area contributed by atoms with Crippen LogP contribution in [0.4, 0.5) is 17.6 Å². The lowest BCUT2D eigenvalue weighted by Crippen LogP contribution is -2.29. The van der Waals surface area contributed by atoms with E-state index in [-0.39, 0.29) is 17.0 Å². The lowest BCUT2D eigenvalue weighted by molar-refractivity contribution is 0.201. The predicted octanol–water partition coefficient (Wildman–Crippen LogP) is 8.37. The molecule has 0 bridgehead atoms. The van der Waals surface area contributed by atoms with Crippen molar-refractivity contribution in [1.82, 2.24) is 0 Å². The molecule has 2 aromatic carbocycles. The van der Waals surface area contributed by atoms with Gasteiger partial charge in [0.1, 0.15) is 28.3 Å². The minimum Gasteiger partial charge on any atom is -0.206 e. The summed E-state index contributed by atoms with van der Waals surface area (Å²) in [5, 5.41) is -0.674. The minimum atomic E-state index is -1.03. The SMILES string of the molecule is C/C=C/CC[C@@H]1CC[C@@H]2c3cc(F)c(-c4cc(F)c(Cl)c(F)c4)c(F)c3CC[C@@H]2C1. The Morgan fingerprint density at radius 3 is 2.43 bits per heavy atom. The summed E-state index contributed by atoms with van der Waals surface area (Å²) in [5.74, 6) is -2.26. The molecule has 2 aliphatic rings.